The zero-order chi connectivity index (χ0) is 18.2. The number of hydrogen-bond donors (Lipinski definition) is 1. The number of urea groups is 1. The van der Waals surface area contributed by atoms with Crippen molar-refractivity contribution < 1.29 is 14.3 Å². The minimum Gasteiger partial charge on any atom is -0.490 e. The van der Waals surface area contributed by atoms with Crippen molar-refractivity contribution in [3.63, 3.8) is 0 Å². The van der Waals surface area contributed by atoms with E-state index in [9.17, 15) is 4.79 Å². The number of hydrogen-bond acceptors (Lipinski definition) is 4. The molecule has 2 amide bonds. The maximum absolute atomic E-state index is 12.5. The fraction of sp³-hybridized carbons (Fsp3) is 0.353. The van der Waals surface area contributed by atoms with E-state index in [1.165, 1.54) is 11.3 Å². The molecule has 0 atom stereocenters. The monoisotopic (exact) mass is 402 g/mol. The molecule has 0 aliphatic heterocycles. The number of rotatable bonds is 8. The van der Waals surface area contributed by atoms with Gasteiger partial charge in [-0.1, -0.05) is 23.2 Å². The van der Waals surface area contributed by atoms with E-state index in [-0.39, 0.29) is 6.03 Å². The first kappa shape index (κ1) is 19.8. The predicted octanol–water partition coefficient (Wildman–Crippen LogP) is 5.13. The Labute approximate surface area is 161 Å². The molecule has 0 unspecified atom stereocenters. The largest absolute Gasteiger partial charge is 0.490 e. The fourth-order valence-corrected chi connectivity index (χ4v) is 3.42. The molecule has 8 heteroatoms. The van der Waals surface area contributed by atoms with Gasteiger partial charge in [-0.25, -0.2) is 4.79 Å². The molecular formula is C17H20Cl2N2O3S. The maximum Gasteiger partial charge on any atom is 0.322 e. The van der Waals surface area contributed by atoms with Crippen LogP contribution >= 0.6 is 34.5 Å². The standard InChI is InChI=1S/C17H20Cl2N2O3S/c1-3-21(11-13-5-7-16(19)25-13)17(22)20-12-4-6-15(14(18)10-12)24-9-8-23-2/h4-7,10H,3,8-9,11H2,1-2H3,(H,20,22). The number of nitrogens with one attached hydrogen (secondary N) is 1. The van der Waals surface area contributed by atoms with Crippen molar-refractivity contribution in [3.05, 3.63) is 44.6 Å². The summed E-state index contributed by atoms with van der Waals surface area (Å²) in [4.78, 5) is 15.2. The number of ether oxygens (including phenoxy) is 2. The molecule has 0 aliphatic rings. The van der Waals surface area contributed by atoms with Crippen molar-refractivity contribution in [1.29, 1.82) is 0 Å². The molecule has 2 aromatic rings. The van der Waals surface area contributed by atoms with E-state index >= 15 is 0 Å². The van der Waals surface area contributed by atoms with Gasteiger partial charge in [0.1, 0.15) is 12.4 Å². The van der Waals surface area contributed by atoms with Gasteiger partial charge < -0.3 is 19.7 Å². The summed E-state index contributed by atoms with van der Waals surface area (Å²) in [6.45, 7) is 3.90. The average Bonchev–Trinajstić information content (AvgIpc) is 2.99. The zero-order valence-corrected chi connectivity index (χ0v) is 16.4. The molecule has 0 saturated heterocycles. The Morgan fingerprint density at radius 1 is 1.24 bits per heavy atom. The average molecular weight is 403 g/mol. The Bertz CT molecular complexity index is 709. The van der Waals surface area contributed by atoms with Crippen LogP contribution in [-0.2, 0) is 11.3 Å². The third-order valence-electron chi connectivity index (χ3n) is 3.37. The van der Waals surface area contributed by atoms with Crippen LogP contribution in [-0.4, -0.2) is 37.8 Å². The molecule has 25 heavy (non-hydrogen) atoms. The molecule has 136 valence electrons. The first-order valence-electron chi connectivity index (χ1n) is 7.75. The number of nitrogens with zero attached hydrogens (tertiary/aromatic N) is 1. The molecule has 1 heterocycles. The highest BCUT2D eigenvalue weighted by Crippen LogP contribution is 2.28. The smallest absolute Gasteiger partial charge is 0.322 e. The van der Waals surface area contributed by atoms with Gasteiger partial charge in [-0.15, -0.1) is 11.3 Å². The van der Waals surface area contributed by atoms with Crippen molar-refractivity contribution in [2.24, 2.45) is 0 Å². The van der Waals surface area contributed by atoms with E-state index in [0.29, 0.717) is 47.1 Å². The highest BCUT2D eigenvalue weighted by atomic mass is 35.5. The molecule has 1 N–H and O–H groups in total. The van der Waals surface area contributed by atoms with E-state index in [2.05, 4.69) is 5.32 Å². The predicted molar refractivity (Wildman–Crippen MR) is 103 cm³/mol. The van der Waals surface area contributed by atoms with E-state index in [1.807, 2.05) is 19.1 Å². The Balaban J connectivity index is 1.97. The van der Waals surface area contributed by atoms with Gasteiger partial charge in [0.05, 0.1) is 22.5 Å². The van der Waals surface area contributed by atoms with Crippen molar-refractivity contribution >= 4 is 46.3 Å². The number of halogens is 2. The molecule has 1 aromatic heterocycles. The van der Waals surface area contributed by atoms with Crippen molar-refractivity contribution in [3.8, 4) is 5.75 Å². The Hall–Kier alpha value is -1.47. The minimum absolute atomic E-state index is 0.198. The Morgan fingerprint density at radius 2 is 2.04 bits per heavy atom. The summed E-state index contributed by atoms with van der Waals surface area (Å²) >= 11 is 13.6. The molecule has 1 aromatic carbocycles. The van der Waals surface area contributed by atoms with E-state index in [4.69, 9.17) is 32.7 Å². The zero-order valence-electron chi connectivity index (χ0n) is 14.1. The molecule has 2 rings (SSSR count). The lowest BCUT2D eigenvalue weighted by molar-refractivity contribution is 0.146. The molecule has 5 nitrogen and oxygen atoms in total. The molecule has 0 fully saturated rings. The summed E-state index contributed by atoms with van der Waals surface area (Å²) < 4.78 is 11.1. The van der Waals surface area contributed by atoms with Crippen molar-refractivity contribution in [2.45, 2.75) is 13.5 Å². The summed E-state index contributed by atoms with van der Waals surface area (Å²) in [5, 5.41) is 3.28. The quantitative estimate of drug-likeness (QED) is 0.622. The second-order valence-electron chi connectivity index (χ2n) is 5.14. The van der Waals surface area contributed by atoms with E-state index in [1.54, 1.807) is 30.2 Å². The van der Waals surface area contributed by atoms with Gasteiger partial charge in [-0.3, -0.25) is 0 Å². The molecule has 0 spiro atoms. The van der Waals surface area contributed by atoms with Gasteiger partial charge in [0, 0.05) is 24.2 Å². The van der Waals surface area contributed by atoms with Crippen LogP contribution in [0.5, 0.6) is 5.75 Å². The number of anilines is 1. The van der Waals surface area contributed by atoms with Crippen LogP contribution < -0.4 is 10.1 Å². The Morgan fingerprint density at radius 3 is 2.64 bits per heavy atom. The number of benzene rings is 1. The van der Waals surface area contributed by atoms with Crippen LogP contribution in [0.25, 0.3) is 0 Å². The van der Waals surface area contributed by atoms with Gasteiger partial charge in [0.15, 0.2) is 0 Å². The van der Waals surface area contributed by atoms with E-state index < -0.39 is 0 Å². The van der Waals surface area contributed by atoms with Crippen molar-refractivity contribution in [2.75, 3.05) is 32.2 Å². The number of thiophene rings is 1. The first-order chi connectivity index (χ1) is 12.0. The second-order valence-corrected chi connectivity index (χ2v) is 7.34. The van der Waals surface area contributed by atoms with Crippen LogP contribution in [0.15, 0.2) is 30.3 Å². The lowest BCUT2D eigenvalue weighted by atomic mass is 10.3. The van der Waals surface area contributed by atoms with Crippen LogP contribution in [0, 0.1) is 0 Å². The second kappa shape index (κ2) is 9.87. The Kier molecular flexibility index (Phi) is 7.84. The van der Waals surface area contributed by atoms with Gasteiger partial charge in [-0.2, -0.15) is 0 Å². The summed E-state index contributed by atoms with van der Waals surface area (Å²) in [6, 6.07) is 8.69. The summed E-state index contributed by atoms with van der Waals surface area (Å²) in [6.07, 6.45) is 0. The topological polar surface area (TPSA) is 50.8 Å². The number of amides is 2. The number of methoxy groups -OCH3 is 1. The van der Waals surface area contributed by atoms with Crippen LogP contribution in [0.3, 0.4) is 0 Å². The molecule has 0 saturated carbocycles. The minimum atomic E-state index is -0.198. The highest BCUT2D eigenvalue weighted by molar-refractivity contribution is 7.16. The lowest BCUT2D eigenvalue weighted by Crippen LogP contribution is -2.34. The lowest BCUT2D eigenvalue weighted by Gasteiger charge is -2.21. The SMILES string of the molecule is CCN(Cc1ccc(Cl)s1)C(=O)Nc1ccc(OCCOC)c(Cl)c1. The maximum atomic E-state index is 12.5. The third kappa shape index (κ3) is 6.08. The highest BCUT2D eigenvalue weighted by Gasteiger charge is 2.14. The van der Waals surface area contributed by atoms with Crippen LogP contribution in [0.2, 0.25) is 9.36 Å². The molecule has 0 aliphatic carbocycles. The van der Waals surface area contributed by atoms with Crippen molar-refractivity contribution in [1.82, 2.24) is 4.90 Å². The van der Waals surface area contributed by atoms with E-state index in [0.717, 1.165) is 4.88 Å². The van der Waals surface area contributed by atoms with Gasteiger partial charge in [0.2, 0.25) is 0 Å². The van der Waals surface area contributed by atoms with Gasteiger partial charge in [0.25, 0.3) is 0 Å². The third-order valence-corrected chi connectivity index (χ3v) is 4.88. The van der Waals surface area contributed by atoms with Crippen LogP contribution in [0.4, 0.5) is 10.5 Å². The summed E-state index contributed by atoms with van der Waals surface area (Å²) in [7, 11) is 1.60. The summed E-state index contributed by atoms with van der Waals surface area (Å²) in [5.74, 6) is 0.553. The molecule has 0 bridgehead atoms. The molecular weight excluding hydrogens is 383 g/mol. The fourth-order valence-electron chi connectivity index (χ4n) is 2.09. The normalized spacial score (nSPS) is 10.6. The number of carbonyl (C=O) groups excluding carboxylic acids is 1. The summed E-state index contributed by atoms with van der Waals surface area (Å²) in [5.41, 5.74) is 0.608. The molecule has 0 radical (unpaired) electrons. The first-order valence-corrected chi connectivity index (χ1v) is 9.32. The van der Waals surface area contributed by atoms with Crippen LogP contribution in [0.1, 0.15) is 11.8 Å². The van der Waals surface area contributed by atoms with Gasteiger partial charge in [-0.05, 0) is 37.3 Å². The van der Waals surface area contributed by atoms with Gasteiger partial charge >= 0.3 is 6.03 Å². The number of carbonyl (C=O) groups is 1.